The minimum Gasteiger partial charge on any atom is -0.481 e. The molecule has 1 saturated carbocycles. The number of nitrogens with zero attached hydrogens (tertiary/aromatic N) is 1. The van der Waals surface area contributed by atoms with Gasteiger partial charge in [0, 0.05) is 19.6 Å². The number of urea groups is 1. The van der Waals surface area contributed by atoms with Crippen LogP contribution < -0.4 is 5.32 Å². The fourth-order valence-corrected chi connectivity index (χ4v) is 3.38. The number of carboxylic acids is 1. The molecule has 0 aromatic carbocycles. The topological polar surface area (TPSA) is 69.6 Å². The van der Waals surface area contributed by atoms with Gasteiger partial charge < -0.3 is 15.3 Å². The summed E-state index contributed by atoms with van der Waals surface area (Å²) in [5.74, 6) is 0.638. The number of nitrogens with one attached hydrogen (secondary N) is 1. The van der Waals surface area contributed by atoms with Gasteiger partial charge in [-0.3, -0.25) is 4.79 Å². The average molecular weight is 296 g/mol. The summed E-state index contributed by atoms with van der Waals surface area (Å²) in [4.78, 5) is 25.4. The third kappa shape index (κ3) is 3.89. The van der Waals surface area contributed by atoms with Gasteiger partial charge in [-0.15, -0.1) is 0 Å². The number of aliphatic carboxylic acids is 1. The molecule has 1 aliphatic carbocycles. The van der Waals surface area contributed by atoms with E-state index in [1.54, 1.807) is 4.90 Å². The molecule has 0 bridgehead atoms. The molecule has 0 radical (unpaired) electrons. The monoisotopic (exact) mass is 296 g/mol. The third-order valence-corrected chi connectivity index (χ3v) is 5.19. The smallest absolute Gasteiger partial charge is 0.317 e. The molecular formula is C16H28N2O3. The summed E-state index contributed by atoms with van der Waals surface area (Å²) in [5, 5.41) is 12.5. The summed E-state index contributed by atoms with van der Waals surface area (Å²) in [7, 11) is 0. The summed E-state index contributed by atoms with van der Waals surface area (Å²) < 4.78 is 0. The number of hydrogen-bond donors (Lipinski definition) is 2. The molecular weight excluding hydrogens is 268 g/mol. The number of rotatable bonds is 6. The average Bonchev–Trinajstić information content (AvgIpc) is 3.30. The molecule has 2 amide bonds. The Morgan fingerprint density at radius 1 is 1.33 bits per heavy atom. The first-order valence-corrected chi connectivity index (χ1v) is 8.24. The maximum atomic E-state index is 12.2. The Morgan fingerprint density at radius 2 is 1.95 bits per heavy atom. The Hall–Kier alpha value is -1.26. The van der Waals surface area contributed by atoms with Gasteiger partial charge in [-0.25, -0.2) is 4.79 Å². The number of hydrogen-bond acceptors (Lipinski definition) is 2. The fourth-order valence-electron chi connectivity index (χ4n) is 3.38. The largest absolute Gasteiger partial charge is 0.481 e. The van der Waals surface area contributed by atoms with Crippen LogP contribution >= 0.6 is 0 Å². The number of carboxylic acid groups (broad SMARTS) is 1. The van der Waals surface area contributed by atoms with Crippen LogP contribution in [0.15, 0.2) is 0 Å². The Bertz CT molecular complexity index is 385. The number of piperidine rings is 1. The lowest BCUT2D eigenvalue weighted by molar-refractivity contribution is -0.152. The molecule has 0 spiro atoms. The van der Waals surface area contributed by atoms with Crippen molar-refractivity contribution in [1.82, 2.24) is 10.2 Å². The highest BCUT2D eigenvalue weighted by Crippen LogP contribution is 2.37. The molecule has 2 rings (SSSR count). The van der Waals surface area contributed by atoms with Crippen LogP contribution in [-0.2, 0) is 4.79 Å². The van der Waals surface area contributed by atoms with Crippen molar-refractivity contribution in [2.45, 2.75) is 52.4 Å². The standard InChI is InChI=1S/C16H28N2O3/c1-3-6-16(14(19)20)7-9-18(10-8-16)15(21)17-11-12(2)13-4-5-13/h12-13H,3-11H2,1-2H3,(H,17,21)(H,19,20). The van der Waals surface area contributed by atoms with Crippen molar-refractivity contribution < 1.29 is 14.7 Å². The summed E-state index contributed by atoms with van der Waals surface area (Å²) in [5.41, 5.74) is -0.618. The highest BCUT2D eigenvalue weighted by molar-refractivity contribution is 5.77. The van der Waals surface area contributed by atoms with E-state index in [2.05, 4.69) is 12.2 Å². The predicted molar refractivity (Wildman–Crippen MR) is 81.1 cm³/mol. The zero-order valence-corrected chi connectivity index (χ0v) is 13.2. The first-order valence-electron chi connectivity index (χ1n) is 8.24. The number of carbonyl (C=O) groups is 2. The van der Waals surface area contributed by atoms with Crippen LogP contribution in [0.1, 0.15) is 52.4 Å². The van der Waals surface area contributed by atoms with Gasteiger partial charge in [0.15, 0.2) is 0 Å². The lowest BCUT2D eigenvalue weighted by Gasteiger charge is -2.38. The Morgan fingerprint density at radius 3 is 2.43 bits per heavy atom. The first kappa shape index (κ1) is 16.1. The molecule has 1 aliphatic heterocycles. The Balaban J connectivity index is 1.79. The molecule has 1 atom stereocenters. The van der Waals surface area contributed by atoms with E-state index in [9.17, 15) is 14.7 Å². The molecule has 5 heteroatoms. The molecule has 2 N–H and O–H groups in total. The van der Waals surface area contributed by atoms with E-state index in [4.69, 9.17) is 0 Å². The van der Waals surface area contributed by atoms with Gasteiger partial charge in [0.25, 0.3) is 0 Å². The Kier molecular flexibility index (Phi) is 5.12. The van der Waals surface area contributed by atoms with Crippen molar-refractivity contribution in [1.29, 1.82) is 0 Å². The van der Waals surface area contributed by atoms with Crippen LogP contribution in [0.3, 0.4) is 0 Å². The second-order valence-corrected chi connectivity index (χ2v) is 6.82. The van der Waals surface area contributed by atoms with E-state index in [1.807, 2.05) is 6.92 Å². The summed E-state index contributed by atoms with van der Waals surface area (Å²) in [6.45, 7) is 6.04. The van der Waals surface area contributed by atoms with Gasteiger partial charge in [-0.1, -0.05) is 20.3 Å². The second-order valence-electron chi connectivity index (χ2n) is 6.82. The van der Waals surface area contributed by atoms with Gasteiger partial charge >= 0.3 is 12.0 Å². The predicted octanol–water partition coefficient (Wildman–Crippen LogP) is 2.71. The lowest BCUT2D eigenvalue weighted by Crippen LogP contribution is -2.50. The molecule has 0 aromatic heterocycles. The van der Waals surface area contributed by atoms with Crippen LogP contribution in [0.25, 0.3) is 0 Å². The molecule has 2 fully saturated rings. The summed E-state index contributed by atoms with van der Waals surface area (Å²) in [6.07, 6.45) is 5.30. The van der Waals surface area contributed by atoms with Crippen LogP contribution in [0, 0.1) is 17.3 Å². The normalized spacial score (nSPS) is 22.7. The molecule has 5 nitrogen and oxygen atoms in total. The van der Waals surface area contributed by atoms with E-state index >= 15 is 0 Å². The van der Waals surface area contributed by atoms with Crippen LogP contribution in [-0.4, -0.2) is 41.6 Å². The first-order chi connectivity index (χ1) is 9.98. The minimum atomic E-state index is -0.702. The van der Waals surface area contributed by atoms with Crippen molar-refractivity contribution in [2.24, 2.45) is 17.3 Å². The van der Waals surface area contributed by atoms with Gasteiger partial charge in [0.05, 0.1) is 5.41 Å². The van der Waals surface area contributed by atoms with Crippen molar-refractivity contribution in [3.8, 4) is 0 Å². The molecule has 2 aliphatic rings. The second kappa shape index (κ2) is 6.67. The third-order valence-electron chi connectivity index (χ3n) is 5.19. The summed E-state index contributed by atoms with van der Waals surface area (Å²) >= 11 is 0. The van der Waals surface area contributed by atoms with Crippen LogP contribution in [0.2, 0.25) is 0 Å². The van der Waals surface area contributed by atoms with Crippen molar-refractivity contribution in [2.75, 3.05) is 19.6 Å². The summed E-state index contributed by atoms with van der Waals surface area (Å²) in [6, 6.07) is -0.0296. The lowest BCUT2D eigenvalue weighted by atomic mass is 9.75. The number of carbonyl (C=O) groups excluding carboxylic acids is 1. The molecule has 1 heterocycles. The highest BCUT2D eigenvalue weighted by atomic mass is 16.4. The zero-order valence-electron chi connectivity index (χ0n) is 13.2. The molecule has 1 saturated heterocycles. The minimum absolute atomic E-state index is 0.0296. The number of likely N-dealkylation sites (tertiary alicyclic amines) is 1. The zero-order chi connectivity index (χ0) is 15.5. The van der Waals surface area contributed by atoms with Crippen molar-refractivity contribution in [3.05, 3.63) is 0 Å². The van der Waals surface area contributed by atoms with Crippen molar-refractivity contribution >= 4 is 12.0 Å². The molecule has 120 valence electrons. The maximum absolute atomic E-state index is 12.2. The quantitative estimate of drug-likeness (QED) is 0.791. The van der Waals surface area contributed by atoms with Crippen LogP contribution in [0.4, 0.5) is 4.79 Å². The maximum Gasteiger partial charge on any atom is 0.317 e. The highest BCUT2D eigenvalue weighted by Gasteiger charge is 2.41. The van der Waals surface area contributed by atoms with Crippen molar-refractivity contribution in [3.63, 3.8) is 0 Å². The number of amides is 2. The Labute approximate surface area is 127 Å². The van der Waals surface area contributed by atoms with E-state index in [-0.39, 0.29) is 6.03 Å². The molecule has 21 heavy (non-hydrogen) atoms. The molecule has 0 aromatic rings. The van der Waals surface area contributed by atoms with E-state index in [0.29, 0.717) is 38.3 Å². The van der Waals surface area contributed by atoms with Crippen LogP contribution in [0.5, 0.6) is 0 Å². The fraction of sp³-hybridized carbons (Fsp3) is 0.875. The van der Waals surface area contributed by atoms with Gasteiger partial charge in [0.2, 0.25) is 0 Å². The van der Waals surface area contributed by atoms with E-state index in [1.165, 1.54) is 12.8 Å². The SMILES string of the molecule is CCCC1(C(=O)O)CCN(C(=O)NCC(C)C2CC2)CC1. The van der Waals surface area contributed by atoms with E-state index in [0.717, 1.165) is 18.9 Å². The molecule has 1 unspecified atom stereocenters. The van der Waals surface area contributed by atoms with Gasteiger partial charge in [-0.05, 0) is 43.9 Å². The van der Waals surface area contributed by atoms with Gasteiger partial charge in [0.1, 0.15) is 0 Å². The van der Waals surface area contributed by atoms with Gasteiger partial charge in [-0.2, -0.15) is 0 Å². The van der Waals surface area contributed by atoms with E-state index < -0.39 is 11.4 Å².